The summed E-state index contributed by atoms with van der Waals surface area (Å²) in [5.41, 5.74) is 4.89. The summed E-state index contributed by atoms with van der Waals surface area (Å²) in [5, 5.41) is 9.79. The highest BCUT2D eigenvalue weighted by molar-refractivity contribution is 5.78. The van der Waals surface area contributed by atoms with Crippen molar-refractivity contribution >= 4 is 18.1 Å². The Kier molecular flexibility index (Phi) is 9.49. The first-order chi connectivity index (χ1) is 21.1. The number of alkyl halides is 3. The van der Waals surface area contributed by atoms with Gasteiger partial charge in [-0.3, -0.25) is 14.7 Å². The number of nitrogens with zero attached hydrogens (tertiary/aromatic N) is 2. The zero-order chi connectivity index (χ0) is 31.3. The molecule has 1 aromatic heterocycles. The molecule has 1 aliphatic rings. The van der Waals surface area contributed by atoms with Gasteiger partial charge in [0.2, 0.25) is 0 Å². The second-order valence-electron chi connectivity index (χ2n) is 11.2. The molecule has 44 heavy (non-hydrogen) atoms. The number of hydrogen-bond donors (Lipinski definition) is 1. The average molecular weight is 601 g/mol. The topological polar surface area (TPSA) is 62.7 Å². The number of hydrogen-bond acceptors (Lipinski definition) is 4. The third-order valence-corrected chi connectivity index (χ3v) is 8.07. The van der Waals surface area contributed by atoms with Gasteiger partial charge in [-0.2, -0.15) is 13.2 Å². The first-order valence-electron chi connectivity index (χ1n) is 14.7. The van der Waals surface area contributed by atoms with Crippen LogP contribution in [0.15, 0.2) is 79.0 Å². The molecule has 1 N–H and O–H groups in total. The standard InChI is InChI=1S/C36H35F3N2O3/c1-24-19-26(16-17-40-24)23-44-34-21-29(15-14-27-11-8-12-31(25(27)2)28-9-4-3-5-10-28)32(36(37,38)39)20-30(34)22-41-18-7-6-13-33(41)35(42)43/h3-5,8-12,14-17,19-21,33H,6-7,13,18,22-23H2,1-2H3,(H,42,43)/b15-14+/t33-/m0/s1. The van der Waals surface area contributed by atoms with Gasteiger partial charge in [0, 0.05) is 24.0 Å². The number of carbonyl (C=O) groups is 1. The molecule has 0 amide bonds. The number of halogens is 3. The molecule has 0 radical (unpaired) electrons. The van der Waals surface area contributed by atoms with E-state index in [0.29, 0.717) is 18.5 Å². The van der Waals surface area contributed by atoms with Gasteiger partial charge < -0.3 is 9.84 Å². The average Bonchev–Trinajstić information content (AvgIpc) is 3.00. The van der Waals surface area contributed by atoms with E-state index in [4.69, 9.17) is 4.74 Å². The number of ether oxygens (including phenoxy) is 1. The molecule has 3 aromatic carbocycles. The number of carboxylic acid groups (broad SMARTS) is 1. The predicted molar refractivity (Wildman–Crippen MR) is 166 cm³/mol. The number of pyridine rings is 1. The first-order valence-corrected chi connectivity index (χ1v) is 14.7. The maximum atomic E-state index is 14.5. The minimum Gasteiger partial charge on any atom is -0.489 e. The Morgan fingerprint density at radius 1 is 1.00 bits per heavy atom. The highest BCUT2D eigenvalue weighted by Gasteiger charge is 2.35. The van der Waals surface area contributed by atoms with Crippen LogP contribution in [-0.2, 0) is 24.1 Å². The molecule has 0 unspecified atom stereocenters. The molecular formula is C36H35F3N2O3. The molecule has 1 saturated heterocycles. The molecule has 8 heteroatoms. The lowest BCUT2D eigenvalue weighted by atomic mass is 9.95. The number of benzene rings is 3. The zero-order valence-electron chi connectivity index (χ0n) is 24.8. The first kappa shape index (κ1) is 31.0. The fourth-order valence-electron chi connectivity index (χ4n) is 5.76. The summed E-state index contributed by atoms with van der Waals surface area (Å²) in [4.78, 5) is 17.9. The summed E-state index contributed by atoms with van der Waals surface area (Å²) in [6.45, 7) is 4.46. The normalized spacial score (nSPS) is 15.9. The second kappa shape index (κ2) is 13.5. The van der Waals surface area contributed by atoms with Crippen LogP contribution in [0.25, 0.3) is 23.3 Å². The molecule has 1 atom stereocenters. The summed E-state index contributed by atoms with van der Waals surface area (Å²) in [5.74, 6) is -0.681. The molecule has 2 heterocycles. The number of carboxylic acids is 1. The molecule has 1 aliphatic heterocycles. The maximum absolute atomic E-state index is 14.5. The Morgan fingerprint density at radius 2 is 1.77 bits per heavy atom. The van der Waals surface area contributed by atoms with Gasteiger partial charge in [-0.15, -0.1) is 0 Å². The molecule has 0 spiro atoms. The lowest BCUT2D eigenvalue weighted by Crippen LogP contribution is -2.44. The quantitative estimate of drug-likeness (QED) is 0.195. The third-order valence-electron chi connectivity index (χ3n) is 8.07. The highest BCUT2D eigenvalue weighted by atomic mass is 19.4. The molecule has 0 saturated carbocycles. The van der Waals surface area contributed by atoms with Gasteiger partial charge in [-0.05, 0) is 90.9 Å². The number of likely N-dealkylation sites (tertiary alicyclic amines) is 1. The number of aliphatic carboxylic acids is 1. The fourth-order valence-corrected chi connectivity index (χ4v) is 5.76. The smallest absolute Gasteiger partial charge is 0.417 e. The zero-order valence-corrected chi connectivity index (χ0v) is 24.8. The molecule has 0 aliphatic carbocycles. The van der Waals surface area contributed by atoms with Gasteiger partial charge in [0.05, 0.1) is 5.56 Å². The molecule has 5 nitrogen and oxygen atoms in total. The van der Waals surface area contributed by atoms with E-state index >= 15 is 0 Å². The highest BCUT2D eigenvalue weighted by Crippen LogP contribution is 2.38. The van der Waals surface area contributed by atoms with Crippen LogP contribution in [0.5, 0.6) is 5.75 Å². The van der Waals surface area contributed by atoms with Crippen molar-refractivity contribution < 1.29 is 27.8 Å². The van der Waals surface area contributed by atoms with Gasteiger partial charge >= 0.3 is 12.1 Å². The summed E-state index contributed by atoms with van der Waals surface area (Å²) in [7, 11) is 0. The molecule has 1 fully saturated rings. The van der Waals surface area contributed by atoms with Crippen molar-refractivity contribution in [2.24, 2.45) is 0 Å². The van der Waals surface area contributed by atoms with E-state index < -0.39 is 23.8 Å². The summed E-state index contributed by atoms with van der Waals surface area (Å²) in [6.07, 6.45) is 2.21. The van der Waals surface area contributed by atoms with Crippen molar-refractivity contribution in [1.82, 2.24) is 9.88 Å². The number of aromatic nitrogens is 1. The van der Waals surface area contributed by atoms with Crippen LogP contribution < -0.4 is 4.74 Å². The fraction of sp³-hybridized carbons (Fsp3) is 0.278. The van der Waals surface area contributed by atoms with Crippen molar-refractivity contribution in [3.63, 3.8) is 0 Å². The molecule has 228 valence electrons. The van der Waals surface area contributed by atoms with Crippen LogP contribution in [0.2, 0.25) is 0 Å². The number of aryl methyl sites for hydroxylation is 1. The van der Waals surface area contributed by atoms with Crippen molar-refractivity contribution in [3.05, 3.63) is 118 Å². The van der Waals surface area contributed by atoms with Crippen molar-refractivity contribution in [3.8, 4) is 16.9 Å². The molecule has 4 aromatic rings. The van der Waals surface area contributed by atoms with Crippen LogP contribution in [-0.4, -0.2) is 33.5 Å². The van der Waals surface area contributed by atoms with E-state index in [0.717, 1.165) is 52.4 Å². The summed E-state index contributed by atoms with van der Waals surface area (Å²) < 4.78 is 49.8. The monoisotopic (exact) mass is 600 g/mol. The Bertz CT molecular complexity index is 1650. The van der Waals surface area contributed by atoms with Crippen molar-refractivity contribution in [2.75, 3.05) is 6.54 Å². The van der Waals surface area contributed by atoms with E-state index in [1.807, 2.05) is 68.4 Å². The molecule has 0 bridgehead atoms. The van der Waals surface area contributed by atoms with Gasteiger partial charge in [-0.25, -0.2) is 0 Å². The lowest BCUT2D eigenvalue weighted by Gasteiger charge is -2.33. The van der Waals surface area contributed by atoms with Gasteiger partial charge in [0.25, 0.3) is 0 Å². The van der Waals surface area contributed by atoms with Crippen LogP contribution in [0, 0.1) is 13.8 Å². The van der Waals surface area contributed by atoms with Gasteiger partial charge in [0.1, 0.15) is 18.4 Å². The van der Waals surface area contributed by atoms with E-state index in [-0.39, 0.29) is 24.5 Å². The second-order valence-corrected chi connectivity index (χ2v) is 11.2. The summed E-state index contributed by atoms with van der Waals surface area (Å²) in [6, 6.07) is 21.1. The third kappa shape index (κ3) is 7.37. The Labute approximate surface area is 255 Å². The van der Waals surface area contributed by atoms with E-state index in [9.17, 15) is 23.1 Å². The van der Waals surface area contributed by atoms with E-state index in [2.05, 4.69) is 4.98 Å². The van der Waals surface area contributed by atoms with Crippen molar-refractivity contribution in [2.45, 2.75) is 58.5 Å². The van der Waals surface area contributed by atoms with Crippen LogP contribution in [0.4, 0.5) is 13.2 Å². The largest absolute Gasteiger partial charge is 0.489 e. The van der Waals surface area contributed by atoms with Gasteiger partial charge in [-0.1, -0.05) is 67.1 Å². The Balaban J connectivity index is 1.55. The van der Waals surface area contributed by atoms with Crippen molar-refractivity contribution in [1.29, 1.82) is 0 Å². The SMILES string of the molecule is Cc1cc(COc2cc(/C=C/c3cccc(-c4ccccc4)c3C)c(C(F)(F)F)cc2CN2CCCC[C@H]2C(=O)O)ccn1. The van der Waals surface area contributed by atoms with E-state index in [1.165, 1.54) is 12.1 Å². The lowest BCUT2D eigenvalue weighted by molar-refractivity contribution is -0.145. The van der Waals surface area contributed by atoms with Crippen LogP contribution in [0.1, 0.15) is 58.3 Å². The maximum Gasteiger partial charge on any atom is 0.417 e. The van der Waals surface area contributed by atoms with Crippen LogP contribution >= 0.6 is 0 Å². The van der Waals surface area contributed by atoms with Crippen LogP contribution in [0.3, 0.4) is 0 Å². The number of piperidine rings is 1. The van der Waals surface area contributed by atoms with Gasteiger partial charge in [0.15, 0.2) is 0 Å². The molecule has 5 rings (SSSR count). The summed E-state index contributed by atoms with van der Waals surface area (Å²) >= 11 is 0. The molecular weight excluding hydrogens is 565 g/mol. The van der Waals surface area contributed by atoms with E-state index in [1.54, 1.807) is 23.2 Å². The Morgan fingerprint density at radius 3 is 2.50 bits per heavy atom. The minimum absolute atomic E-state index is 0.0277. The number of rotatable bonds is 9. The predicted octanol–water partition coefficient (Wildman–Crippen LogP) is 8.57. The Hall–Kier alpha value is -4.43. The minimum atomic E-state index is -4.63.